The van der Waals surface area contributed by atoms with Crippen LogP contribution >= 0.6 is 11.8 Å². The van der Waals surface area contributed by atoms with E-state index in [1.165, 1.54) is 0 Å². The number of thioether (sulfide) groups is 1. The van der Waals surface area contributed by atoms with Gasteiger partial charge in [-0.15, -0.1) is 10.2 Å². The number of aromatic nitrogens is 3. The van der Waals surface area contributed by atoms with Gasteiger partial charge in [-0.1, -0.05) is 0 Å². The molecule has 0 spiro atoms. The number of nitrogens with zero attached hydrogens (tertiary/aromatic N) is 4. The normalized spacial score (nSPS) is 12.6. The van der Waals surface area contributed by atoms with E-state index in [2.05, 4.69) is 52.9 Å². The summed E-state index contributed by atoms with van der Waals surface area (Å²) >= 11 is 1.83. The number of nitrogens with one attached hydrogen (secondary N) is 2. The lowest BCUT2D eigenvalue weighted by Crippen LogP contribution is -2.43. The molecule has 2 N–H and O–H groups in total. The van der Waals surface area contributed by atoms with Crippen LogP contribution in [0.1, 0.15) is 26.6 Å². The van der Waals surface area contributed by atoms with Crippen molar-refractivity contribution in [3.05, 3.63) is 12.2 Å². The highest BCUT2D eigenvalue weighted by Gasteiger charge is 2.16. The third kappa shape index (κ3) is 5.50. The molecule has 108 valence electrons. The van der Waals surface area contributed by atoms with Crippen LogP contribution < -0.4 is 10.6 Å². The molecule has 0 radical (unpaired) electrons. The molecule has 0 atom stereocenters. The van der Waals surface area contributed by atoms with Gasteiger partial charge in [0.1, 0.15) is 12.9 Å². The van der Waals surface area contributed by atoms with E-state index in [1.807, 2.05) is 23.4 Å². The first-order valence-electron chi connectivity index (χ1n) is 6.38. The SMILES string of the molecule is CCNC(=NCc1nncn1C)NCC(C)(C)SC. The summed E-state index contributed by atoms with van der Waals surface area (Å²) in [5.74, 6) is 1.66. The molecule has 0 fully saturated rings. The minimum absolute atomic E-state index is 0.182. The van der Waals surface area contributed by atoms with Crippen molar-refractivity contribution in [2.24, 2.45) is 12.0 Å². The molecular formula is C12H24N6S. The molecule has 0 aromatic carbocycles. The Morgan fingerprint density at radius 3 is 2.74 bits per heavy atom. The second-order valence-corrected chi connectivity index (χ2v) is 6.38. The number of guanidine groups is 1. The highest BCUT2D eigenvalue weighted by atomic mass is 32.2. The van der Waals surface area contributed by atoms with Gasteiger partial charge in [0.15, 0.2) is 11.8 Å². The molecule has 0 aliphatic rings. The van der Waals surface area contributed by atoms with Crippen LogP contribution in [0.2, 0.25) is 0 Å². The summed E-state index contributed by atoms with van der Waals surface area (Å²) in [5.41, 5.74) is 0. The molecular weight excluding hydrogens is 260 g/mol. The van der Waals surface area contributed by atoms with Gasteiger partial charge in [0.25, 0.3) is 0 Å². The molecule has 0 aliphatic carbocycles. The highest BCUT2D eigenvalue weighted by Crippen LogP contribution is 2.19. The number of hydrogen-bond donors (Lipinski definition) is 2. The van der Waals surface area contributed by atoms with E-state index < -0.39 is 0 Å². The summed E-state index contributed by atoms with van der Waals surface area (Å²) in [6.45, 7) is 8.68. The molecule has 0 bridgehead atoms. The maximum atomic E-state index is 4.52. The van der Waals surface area contributed by atoms with Gasteiger partial charge in [0.05, 0.1) is 0 Å². The summed E-state index contributed by atoms with van der Waals surface area (Å²) < 4.78 is 2.06. The molecule has 1 aromatic heterocycles. The minimum atomic E-state index is 0.182. The summed E-state index contributed by atoms with van der Waals surface area (Å²) in [7, 11) is 1.92. The second-order valence-electron chi connectivity index (χ2n) is 4.87. The van der Waals surface area contributed by atoms with E-state index in [0.717, 1.165) is 24.9 Å². The lowest BCUT2D eigenvalue weighted by atomic mass is 10.2. The maximum absolute atomic E-state index is 4.52. The standard InChI is InChI=1S/C12H24N6S/c1-6-13-11(15-8-12(2,3)19-5)14-7-10-17-16-9-18(10)4/h9H,6-8H2,1-5H3,(H2,13,14,15). The number of hydrogen-bond acceptors (Lipinski definition) is 4. The lowest BCUT2D eigenvalue weighted by molar-refractivity contribution is 0.663. The molecule has 7 heteroatoms. The van der Waals surface area contributed by atoms with Crippen molar-refractivity contribution in [2.75, 3.05) is 19.3 Å². The van der Waals surface area contributed by atoms with E-state index in [0.29, 0.717) is 6.54 Å². The first-order valence-corrected chi connectivity index (χ1v) is 7.61. The van der Waals surface area contributed by atoms with Crippen LogP contribution in [0.15, 0.2) is 11.3 Å². The van der Waals surface area contributed by atoms with E-state index in [9.17, 15) is 0 Å². The lowest BCUT2D eigenvalue weighted by Gasteiger charge is -2.23. The van der Waals surface area contributed by atoms with E-state index in [1.54, 1.807) is 6.33 Å². The maximum Gasteiger partial charge on any atom is 0.191 e. The Morgan fingerprint density at radius 2 is 2.21 bits per heavy atom. The topological polar surface area (TPSA) is 67.1 Å². The largest absolute Gasteiger partial charge is 0.357 e. The van der Waals surface area contributed by atoms with Crippen molar-refractivity contribution >= 4 is 17.7 Å². The Labute approximate surface area is 119 Å². The molecule has 0 saturated carbocycles. The molecule has 1 heterocycles. The predicted molar refractivity (Wildman–Crippen MR) is 81.4 cm³/mol. The highest BCUT2D eigenvalue weighted by molar-refractivity contribution is 7.99. The van der Waals surface area contributed by atoms with E-state index in [-0.39, 0.29) is 4.75 Å². The molecule has 6 nitrogen and oxygen atoms in total. The van der Waals surface area contributed by atoms with Crippen molar-refractivity contribution in [2.45, 2.75) is 32.1 Å². The molecule has 1 rings (SSSR count). The molecule has 0 amide bonds. The first kappa shape index (κ1) is 15.8. The molecule has 0 saturated heterocycles. The Balaban J connectivity index is 2.59. The van der Waals surface area contributed by atoms with Crippen LogP contribution in [0.4, 0.5) is 0 Å². The van der Waals surface area contributed by atoms with Gasteiger partial charge < -0.3 is 15.2 Å². The zero-order chi connectivity index (χ0) is 14.3. The second kappa shape index (κ2) is 7.37. The van der Waals surface area contributed by atoms with Crippen molar-refractivity contribution in [1.29, 1.82) is 0 Å². The summed E-state index contributed by atoms with van der Waals surface area (Å²) in [5, 5.41) is 14.5. The molecule has 0 unspecified atom stereocenters. The third-order valence-corrected chi connectivity index (χ3v) is 4.01. The Bertz CT molecular complexity index is 412. The van der Waals surface area contributed by atoms with Gasteiger partial charge >= 0.3 is 0 Å². The van der Waals surface area contributed by atoms with Crippen LogP contribution in [0.3, 0.4) is 0 Å². The van der Waals surface area contributed by atoms with Crippen molar-refractivity contribution in [3.8, 4) is 0 Å². The monoisotopic (exact) mass is 284 g/mol. The molecule has 19 heavy (non-hydrogen) atoms. The van der Waals surface area contributed by atoms with Gasteiger partial charge in [0.2, 0.25) is 0 Å². The fourth-order valence-corrected chi connectivity index (χ4v) is 1.53. The van der Waals surface area contributed by atoms with E-state index in [4.69, 9.17) is 0 Å². The molecule has 1 aromatic rings. The minimum Gasteiger partial charge on any atom is -0.357 e. The smallest absolute Gasteiger partial charge is 0.191 e. The van der Waals surface area contributed by atoms with Crippen LogP contribution in [0.25, 0.3) is 0 Å². The van der Waals surface area contributed by atoms with Crippen LogP contribution in [-0.2, 0) is 13.6 Å². The number of aliphatic imine (C=N–C) groups is 1. The summed E-state index contributed by atoms with van der Waals surface area (Å²) in [6, 6.07) is 0. The predicted octanol–water partition coefficient (Wildman–Crippen LogP) is 1.01. The van der Waals surface area contributed by atoms with Gasteiger partial charge in [-0.25, -0.2) is 4.99 Å². The Morgan fingerprint density at radius 1 is 1.47 bits per heavy atom. The Kier molecular flexibility index (Phi) is 6.14. The summed E-state index contributed by atoms with van der Waals surface area (Å²) in [4.78, 5) is 4.52. The molecule has 0 aliphatic heterocycles. The average Bonchev–Trinajstić information content (AvgIpc) is 2.78. The Hall–Kier alpha value is -1.24. The fraction of sp³-hybridized carbons (Fsp3) is 0.750. The fourth-order valence-electron chi connectivity index (χ4n) is 1.31. The number of aryl methyl sites for hydroxylation is 1. The average molecular weight is 284 g/mol. The van der Waals surface area contributed by atoms with Crippen molar-refractivity contribution in [3.63, 3.8) is 0 Å². The van der Waals surface area contributed by atoms with Gasteiger partial charge in [-0.05, 0) is 27.0 Å². The quantitative estimate of drug-likeness (QED) is 0.603. The van der Waals surface area contributed by atoms with Crippen LogP contribution in [0.5, 0.6) is 0 Å². The van der Waals surface area contributed by atoms with Crippen molar-refractivity contribution < 1.29 is 0 Å². The van der Waals surface area contributed by atoms with Crippen molar-refractivity contribution in [1.82, 2.24) is 25.4 Å². The zero-order valence-electron chi connectivity index (χ0n) is 12.4. The first-order chi connectivity index (χ1) is 8.98. The third-order valence-electron chi connectivity index (χ3n) is 2.76. The van der Waals surface area contributed by atoms with Gasteiger partial charge in [0, 0.05) is 24.9 Å². The van der Waals surface area contributed by atoms with Crippen LogP contribution in [0, 0.1) is 0 Å². The number of rotatable bonds is 6. The zero-order valence-corrected chi connectivity index (χ0v) is 13.2. The van der Waals surface area contributed by atoms with E-state index >= 15 is 0 Å². The van der Waals surface area contributed by atoms with Gasteiger partial charge in [-0.2, -0.15) is 11.8 Å². The van der Waals surface area contributed by atoms with Gasteiger partial charge in [-0.3, -0.25) is 0 Å². The van der Waals surface area contributed by atoms with Crippen LogP contribution in [-0.4, -0.2) is 44.8 Å². The summed E-state index contributed by atoms with van der Waals surface area (Å²) in [6.07, 6.45) is 3.80.